The average molecular weight is 1500 g/mol. The summed E-state index contributed by atoms with van der Waals surface area (Å²) in [4.78, 5) is 172. The van der Waals surface area contributed by atoms with Crippen LogP contribution in [0.5, 0.6) is 5.75 Å². The number of nitrogens with one attached hydrogen (secondary N) is 9. The Morgan fingerprint density at radius 2 is 0.851 bits per heavy atom. The number of carbonyl (C=O) groups excluding carboxylic acids is 8. The van der Waals surface area contributed by atoms with Crippen molar-refractivity contribution in [1.29, 1.82) is 0 Å². The number of carboxylic acid groups (broad SMARTS) is 4. The summed E-state index contributed by atoms with van der Waals surface area (Å²) in [6, 6.07) is 8.60. The van der Waals surface area contributed by atoms with Crippen LogP contribution in [-0.4, -0.2) is 289 Å². The largest absolute Gasteiger partial charge is 0.508 e. The molecule has 1 radical (unpaired) electrons. The van der Waals surface area contributed by atoms with Gasteiger partial charge in [0.1, 0.15) is 48.0 Å². The third-order valence-corrected chi connectivity index (χ3v) is 17.1. The van der Waals surface area contributed by atoms with Crippen LogP contribution >= 0.6 is 25.3 Å². The van der Waals surface area contributed by atoms with Gasteiger partial charge in [-0.05, 0) is 74.5 Å². The monoisotopic (exact) mass is 1500 g/mol. The number of carbonyl (C=O) groups is 12. The average Bonchev–Trinajstić information content (AvgIpc) is 1.29. The molecule has 4 aromatic rings. The van der Waals surface area contributed by atoms with E-state index in [1.807, 2.05) is 0 Å². The molecule has 0 aliphatic carbocycles. The number of benzene rings is 3. The molecular weight excluding hydrogens is 1410 g/mol. The molecule has 33 nitrogen and oxygen atoms in total. The molecule has 0 unspecified atom stereocenters. The number of carboxylic acids is 4. The topological polar surface area (TPSA) is 497 Å². The van der Waals surface area contributed by atoms with Crippen LogP contribution in [0.4, 0.5) is 0 Å². The van der Waals surface area contributed by atoms with E-state index in [-0.39, 0.29) is 133 Å². The van der Waals surface area contributed by atoms with Crippen molar-refractivity contribution >= 4 is 107 Å². The van der Waals surface area contributed by atoms with Crippen molar-refractivity contribution in [2.24, 2.45) is 5.73 Å². The normalized spacial score (nSPS) is 16.5. The number of aliphatic hydroxyl groups excluding tert-OH is 2. The molecule has 2 heterocycles. The first kappa shape index (κ1) is 85.0. The fraction of sp³-hybridized carbons (Fsp3) is 0.508. The van der Waals surface area contributed by atoms with Crippen molar-refractivity contribution in [1.82, 2.24) is 67.1 Å². The summed E-state index contributed by atoms with van der Waals surface area (Å²) in [6.07, 6.45) is -1.76. The summed E-state index contributed by atoms with van der Waals surface area (Å²) in [6.45, 7) is 1.80. The summed E-state index contributed by atoms with van der Waals surface area (Å²) in [5.41, 5.74) is 7.98. The van der Waals surface area contributed by atoms with Gasteiger partial charge in [-0.25, -0.2) is 4.79 Å². The number of hydrogen-bond acceptors (Lipinski definition) is 22. The zero-order valence-corrected chi connectivity index (χ0v) is 58.5. The Balaban J connectivity index is 0.0000216. The molecule has 1 saturated heterocycles. The fourth-order valence-electron chi connectivity index (χ4n) is 10.9. The molecule has 10 atom stereocenters. The van der Waals surface area contributed by atoms with E-state index in [1.54, 1.807) is 80.4 Å². The van der Waals surface area contributed by atoms with Crippen LogP contribution in [0.25, 0.3) is 10.9 Å². The summed E-state index contributed by atoms with van der Waals surface area (Å²) in [5, 5.41) is 90.6. The molecule has 18 N–H and O–H groups in total. The molecule has 0 saturated carbocycles. The number of H-pyrrole nitrogens is 1. The maximum Gasteiger partial charge on any atom is 0.328 e. The van der Waals surface area contributed by atoms with Crippen molar-refractivity contribution in [3.63, 3.8) is 0 Å². The van der Waals surface area contributed by atoms with E-state index in [9.17, 15) is 88.5 Å². The first-order valence-electron chi connectivity index (χ1n) is 32.4. The number of para-hydroxylation sites is 1. The zero-order valence-electron chi connectivity index (χ0n) is 55.8. The third kappa shape index (κ3) is 29.2. The van der Waals surface area contributed by atoms with Gasteiger partial charge in [0.15, 0.2) is 6.04 Å². The van der Waals surface area contributed by atoms with Crippen molar-refractivity contribution < 1.29 is 110 Å². The maximum atomic E-state index is 15.0. The number of aromatic nitrogens is 1. The SMILES string of the molecule is C[C@@H](O)[C@H](NC(=O)[C@H](CS)NC(=O)[C@@H](NC(=O)[C@H](CCCCN)NC(=O)[C@@H](Cc1c[nH]c2ccccc12)NC(=O)[C@H](Cc1ccc(O)cc1)NC(=O)[C@H](CS)NC(=O)[C@@H](Cc1ccccc1)NC(=O)CN1CCN(CC(=O)O)CCN(CC(=O)O)CCN(CC(=O)O)CC1)[C@@H](C)O)C(=O)O.[64Cu]. The van der Waals surface area contributed by atoms with Gasteiger partial charge in [0.2, 0.25) is 47.3 Å². The number of nitrogens with two attached hydrogens (primary N) is 1. The fourth-order valence-corrected chi connectivity index (χ4v) is 11.4. The van der Waals surface area contributed by atoms with E-state index >= 15 is 4.79 Å². The summed E-state index contributed by atoms with van der Waals surface area (Å²) < 4.78 is 0. The van der Waals surface area contributed by atoms with Crippen LogP contribution in [0, 0.1) is 0 Å². The number of amides is 8. The first-order valence-corrected chi connectivity index (χ1v) is 33.7. The van der Waals surface area contributed by atoms with Gasteiger partial charge in [-0.3, -0.25) is 72.3 Å². The van der Waals surface area contributed by atoms with Crippen molar-refractivity contribution in [3.05, 3.63) is 102 Å². The molecule has 8 amide bonds. The predicted octanol–water partition coefficient (Wildman–Crippen LogP) is -3.91. The number of hydrogen-bond donors (Lipinski definition) is 19. The number of nitrogens with zero attached hydrogens (tertiary/aromatic N) is 4. The van der Waals surface area contributed by atoms with Crippen molar-refractivity contribution in [2.45, 2.75) is 113 Å². The van der Waals surface area contributed by atoms with Crippen LogP contribution < -0.4 is 48.3 Å². The van der Waals surface area contributed by atoms with E-state index in [0.29, 0.717) is 34.0 Å². The Morgan fingerprint density at radius 1 is 0.465 bits per heavy atom. The standard InChI is InChI=1S/C65H92N14O19S2.Cu/c1-38(80)56(64(96)73-51(37-100)63(95)75-57(39(2)81)65(97)98)74-58(90)46(14-8-9-19-66)69-61(93)49(30-42-31-67-45-13-7-6-12-44(42)45)71-60(92)48(29-41-15-17-43(82)18-16-41)70-62(94)50(36-99)72-59(91)47(28-40-10-4-3-5-11-40)68-52(83)32-76-20-22-77(33-53(84)85)24-26-79(35-55(88)89)27-25-78(23-21-76)34-54(86)87;/h3-7,10-13,15-18,31,38-39,46-51,56-57,67,80-82,99-100H,8-9,14,19-30,32-37,66H2,1-2H3,(H,68,83)(H,69,93)(H,70,94)(H,71,92)(H,72,91)(H,73,96)(H,74,90)(H,75,95)(H,84,85)(H,86,87)(H,88,89)(H,97,98);/t38-,39-,46+,47-,48+,49-,50+,51+,56+,57+;/m1./s1/i;1+0. The summed E-state index contributed by atoms with van der Waals surface area (Å²) in [5.74, 6) is -13.5. The van der Waals surface area contributed by atoms with Crippen LogP contribution in [0.2, 0.25) is 0 Å². The molecule has 3 aromatic carbocycles. The number of thiol groups is 2. The molecule has 101 heavy (non-hydrogen) atoms. The van der Waals surface area contributed by atoms with Crippen molar-refractivity contribution in [2.75, 3.05) is 96.6 Å². The molecule has 1 aliphatic rings. The smallest absolute Gasteiger partial charge is 0.328 e. The number of aromatic amines is 1. The Labute approximate surface area is 604 Å². The van der Waals surface area contributed by atoms with Crippen LogP contribution in [0.3, 0.4) is 0 Å². The van der Waals surface area contributed by atoms with E-state index in [0.717, 1.165) is 13.8 Å². The van der Waals surface area contributed by atoms with E-state index in [1.165, 1.54) is 24.3 Å². The third-order valence-electron chi connectivity index (χ3n) is 16.4. The number of unbranched alkanes of at least 4 members (excludes halogenated alkanes) is 1. The molecule has 0 spiro atoms. The second kappa shape index (κ2) is 43.4. The van der Waals surface area contributed by atoms with Gasteiger partial charge in [0.25, 0.3) is 0 Å². The van der Waals surface area contributed by atoms with E-state index < -0.39 is 151 Å². The predicted molar refractivity (Wildman–Crippen MR) is 370 cm³/mol. The van der Waals surface area contributed by atoms with E-state index in [2.05, 4.69) is 72.8 Å². The Kier molecular flexibility index (Phi) is 36.5. The minimum atomic E-state index is -1.80. The molecular formula is C65H92CuN14O19S2. The quantitative estimate of drug-likeness (QED) is 0.0116. The van der Waals surface area contributed by atoms with Gasteiger partial charge in [-0.1, -0.05) is 60.7 Å². The van der Waals surface area contributed by atoms with E-state index in [4.69, 9.17) is 5.73 Å². The second-order valence-corrected chi connectivity index (χ2v) is 25.0. The first-order chi connectivity index (χ1) is 47.6. The van der Waals surface area contributed by atoms with Gasteiger partial charge in [0, 0.05) is 117 Å². The van der Waals surface area contributed by atoms with Gasteiger partial charge in [-0.15, -0.1) is 0 Å². The second-order valence-electron chi connectivity index (χ2n) is 24.3. The molecule has 0 bridgehead atoms. The number of rotatable bonds is 38. The van der Waals surface area contributed by atoms with Gasteiger partial charge >= 0.3 is 23.9 Å². The Hall–Kier alpha value is -8.42. The zero-order chi connectivity index (χ0) is 73.6. The van der Waals surface area contributed by atoms with Gasteiger partial charge in [-0.2, -0.15) is 25.3 Å². The van der Waals surface area contributed by atoms with Crippen LogP contribution in [-0.2, 0) is 93.9 Å². The van der Waals surface area contributed by atoms with Crippen LogP contribution in [0.1, 0.15) is 49.8 Å². The van der Waals surface area contributed by atoms with Crippen molar-refractivity contribution in [3.8, 4) is 5.75 Å². The number of aliphatic carboxylic acids is 4. The number of aliphatic hydroxyl groups is 2. The Morgan fingerprint density at radius 3 is 1.32 bits per heavy atom. The molecule has 36 heteroatoms. The number of phenols is 1. The molecule has 1 fully saturated rings. The van der Waals surface area contributed by atoms with Gasteiger partial charge in [0.05, 0.1) is 38.4 Å². The summed E-state index contributed by atoms with van der Waals surface area (Å²) >= 11 is 8.51. The number of fused-ring (bicyclic) bond motifs is 1. The number of aromatic hydroxyl groups is 1. The number of phenolic OH excluding ortho intramolecular Hbond substituents is 1. The Bertz CT molecular complexity index is 3380. The summed E-state index contributed by atoms with van der Waals surface area (Å²) in [7, 11) is 0. The maximum absolute atomic E-state index is 15.0. The molecule has 559 valence electrons. The van der Waals surface area contributed by atoms with Gasteiger partial charge < -0.3 is 89.0 Å². The van der Waals surface area contributed by atoms with Crippen LogP contribution in [0.15, 0.2) is 85.1 Å². The molecule has 1 aliphatic heterocycles. The molecule has 1 aromatic heterocycles. The minimum Gasteiger partial charge on any atom is -0.508 e. The molecule has 5 rings (SSSR count). The minimum absolute atomic E-state index is 0.